The zero-order valence-corrected chi connectivity index (χ0v) is 15.0. The first-order chi connectivity index (χ1) is 12.8. The summed E-state index contributed by atoms with van der Waals surface area (Å²) < 4.78 is 5.22. The van der Waals surface area contributed by atoms with Crippen molar-refractivity contribution in [3.05, 3.63) is 69.3 Å². The van der Waals surface area contributed by atoms with Gasteiger partial charge in [-0.2, -0.15) is 0 Å². The second-order valence-electron chi connectivity index (χ2n) is 5.92. The van der Waals surface area contributed by atoms with Crippen LogP contribution in [0.15, 0.2) is 42.5 Å². The number of non-ortho nitro benzene ring substituents is 1. The molecule has 8 heteroatoms. The number of anilines is 1. The van der Waals surface area contributed by atoms with Crippen LogP contribution in [0, 0.1) is 17.0 Å². The summed E-state index contributed by atoms with van der Waals surface area (Å²) >= 11 is 0. The summed E-state index contributed by atoms with van der Waals surface area (Å²) in [6.45, 7) is 3.29. The Morgan fingerprint density at radius 1 is 1.22 bits per heavy atom. The van der Waals surface area contributed by atoms with Crippen molar-refractivity contribution in [2.45, 2.75) is 20.0 Å². The van der Waals surface area contributed by atoms with Crippen LogP contribution in [-0.4, -0.2) is 41.0 Å². The van der Waals surface area contributed by atoms with E-state index in [4.69, 9.17) is 9.84 Å². The molecule has 0 aromatic heterocycles. The quantitative estimate of drug-likeness (QED) is 0.316. The number of benzene rings is 2. The van der Waals surface area contributed by atoms with Crippen LogP contribution in [0.4, 0.5) is 11.4 Å². The maximum atomic E-state index is 12.5. The Bertz CT molecular complexity index is 848. The van der Waals surface area contributed by atoms with Crippen molar-refractivity contribution in [2.75, 3.05) is 18.5 Å². The third kappa shape index (κ3) is 5.11. The van der Waals surface area contributed by atoms with Crippen LogP contribution in [0.5, 0.6) is 0 Å². The van der Waals surface area contributed by atoms with E-state index in [1.807, 2.05) is 6.92 Å². The number of aryl methyl sites for hydroxylation is 1. The van der Waals surface area contributed by atoms with E-state index in [0.29, 0.717) is 5.56 Å². The first kappa shape index (κ1) is 20.1. The molecule has 2 aromatic carbocycles. The van der Waals surface area contributed by atoms with Crippen molar-refractivity contribution in [1.82, 2.24) is 0 Å². The number of rotatable bonds is 8. The lowest BCUT2D eigenvalue weighted by molar-refractivity contribution is -0.384. The monoisotopic (exact) mass is 372 g/mol. The number of ketones is 1. The Kier molecular flexibility index (Phi) is 6.62. The molecule has 0 radical (unpaired) electrons. The largest absolute Gasteiger partial charge is 0.451 e. The first-order valence-corrected chi connectivity index (χ1v) is 8.28. The van der Waals surface area contributed by atoms with Crippen LogP contribution in [0.2, 0.25) is 0 Å². The molecule has 2 N–H and O–H groups in total. The van der Waals surface area contributed by atoms with Gasteiger partial charge < -0.3 is 15.2 Å². The zero-order valence-electron chi connectivity index (χ0n) is 15.0. The smallest absolute Gasteiger partial charge is 0.341 e. The highest BCUT2D eigenvalue weighted by molar-refractivity contribution is 6.02. The molecule has 0 aliphatic carbocycles. The molecule has 0 saturated heterocycles. The highest BCUT2D eigenvalue weighted by Gasteiger charge is 2.23. The van der Waals surface area contributed by atoms with Gasteiger partial charge >= 0.3 is 5.97 Å². The summed E-state index contributed by atoms with van der Waals surface area (Å²) in [5, 5.41) is 22.7. The maximum Gasteiger partial charge on any atom is 0.341 e. The molecule has 0 amide bonds. The Morgan fingerprint density at radius 2 is 1.89 bits per heavy atom. The van der Waals surface area contributed by atoms with Gasteiger partial charge in [0.1, 0.15) is 0 Å². The predicted octanol–water partition coefficient (Wildman–Crippen LogP) is 2.74. The van der Waals surface area contributed by atoms with E-state index in [1.54, 1.807) is 24.3 Å². The van der Waals surface area contributed by atoms with Crippen molar-refractivity contribution in [3.8, 4) is 0 Å². The van der Waals surface area contributed by atoms with Gasteiger partial charge in [0.15, 0.2) is 6.10 Å². The Balaban J connectivity index is 2.22. The summed E-state index contributed by atoms with van der Waals surface area (Å²) in [6.07, 6.45) is -1.06. The number of hydrogen-bond acceptors (Lipinski definition) is 7. The molecule has 0 aliphatic rings. The molecule has 2 aromatic rings. The summed E-state index contributed by atoms with van der Waals surface area (Å²) in [5.74, 6) is -1.24. The molecule has 8 nitrogen and oxygen atoms in total. The molecular weight excluding hydrogens is 352 g/mol. The lowest BCUT2D eigenvalue weighted by atomic mass is 10.1. The van der Waals surface area contributed by atoms with Gasteiger partial charge in [-0.15, -0.1) is 0 Å². The number of Topliss-reactive ketones (excluding diaryl/α,β-unsaturated/α-hetero) is 1. The summed E-state index contributed by atoms with van der Waals surface area (Å²) in [7, 11) is 0. The molecule has 27 heavy (non-hydrogen) atoms. The third-order valence-corrected chi connectivity index (χ3v) is 3.85. The summed E-state index contributed by atoms with van der Waals surface area (Å²) in [6, 6.07) is 10.5. The van der Waals surface area contributed by atoms with E-state index in [9.17, 15) is 19.7 Å². The van der Waals surface area contributed by atoms with Crippen LogP contribution in [-0.2, 0) is 4.74 Å². The van der Waals surface area contributed by atoms with Crippen LogP contribution in [0.25, 0.3) is 0 Å². The molecule has 0 saturated carbocycles. The molecule has 0 spiro atoms. The van der Waals surface area contributed by atoms with Crippen LogP contribution in [0.3, 0.4) is 0 Å². The van der Waals surface area contributed by atoms with E-state index in [0.717, 1.165) is 11.6 Å². The fourth-order valence-corrected chi connectivity index (χ4v) is 2.39. The van der Waals surface area contributed by atoms with E-state index >= 15 is 0 Å². The molecule has 0 bridgehead atoms. The van der Waals surface area contributed by atoms with E-state index in [1.165, 1.54) is 19.1 Å². The number of aliphatic hydroxyl groups is 1. The van der Waals surface area contributed by atoms with Gasteiger partial charge in [-0.05, 0) is 19.9 Å². The normalized spacial score (nSPS) is 11.5. The van der Waals surface area contributed by atoms with Crippen LogP contribution in [0.1, 0.15) is 33.2 Å². The van der Waals surface area contributed by atoms with Crippen molar-refractivity contribution in [2.24, 2.45) is 0 Å². The van der Waals surface area contributed by atoms with Gasteiger partial charge in [0.25, 0.3) is 5.69 Å². The number of nitro groups is 1. The maximum absolute atomic E-state index is 12.5. The minimum atomic E-state index is -1.06. The topological polar surface area (TPSA) is 119 Å². The fourth-order valence-electron chi connectivity index (χ4n) is 2.39. The number of nitro benzene ring substituents is 1. The number of nitrogens with one attached hydrogen (secondary N) is 1. The molecule has 1 unspecified atom stereocenters. The number of aliphatic hydroxyl groups excluding tert-OH is 1. The van der Waals surface area contributed by atoms with E-state index in [2.05, 4.69) is 5.32 Å². The van der Waals surface area contributed by atoms with Gasteiger partial charge in [-0.1, -0.05) is 29.8 Å². The summed E-state index contributed by atoms with van der Waals surface area (Å²) in [5.41, 5.74) is 1.30. The summed E-state index contributed by atoms with van der Waals surface area (Å²) in [4.78, 5) is 35.3. The number of carbonyl (C=O) groups excluding carboxylic acids is 2. The predicted molar refractivity (Wildman–Crippen MR) is 99.1 cm³/mol. The number of ether oxygens (including phenoxy) is 1. The minimum Gasteiger partial charge on any atom is -0.451 e. The van der Waals surface area contributed by atoms with Gasteiger partial charge in [0.05, 0.1) is 17.1 Å². The van der Waals surface area contributed by atoms with Crippen molar-refractivity contribution in [1.29, 1.82) is 0 Å². The zero-order chi connectivity index (χ0) is 20.0. The minimum absolute atomic E-state index is 0.0822. The molecule has 1 atom stereocenters. The lowest BCUT2D eigenvalue weighted by Gasteiger charge is -2.15. The first-order valence-electron chi connectivity index (χ1n) is 8.28. The Labute approximate surface area is 155 Å². The molecule has 0 aliphatic heterocycles. The van der Waals surface area contributed by atoms with Gasteiger partial charge in [0.2, 0.25) is 5.78 Å². The Morgan fingerprint density at radius 3 is 2.48 bits per heavy atom. The second-order valence-corrected chi connectivity index (χ2v) is 5.92. The number of nitrogens with zero attached hydrogens (tertiary/aromatic N) is 1. The standard InChI is InChI=1S/C19H20N2O6/c1-12-3-5-14(6-4-12)18(23)13(2)27-19(24)16-11-15(21(25)26)7-8-17(16)20-9-10-22/h3-8,11,13,20,22H,9-10H2,1-2H3. The highest BCUT2D eigenvalue weighted by atomic mass is 16.6. The third-order valence-electron chi connectivity index (χ3n) is 3.85. The van der Waals surface area contributed by atoms with Crippen molar-refractivity contribution >= 4 is 23.1 Å². The Hall–Kier alpha value is -3.26. The SMILES string of the molecule is Cc1ccc(C(=O)C(C)OC(=O)c2cc([N+](=O)[O-])ccc2NCCO)cc1. The average Bonchev–Trinajstić information content (AvgIpc) is 2.66. The van der Waals surface area contributed by atoms with Crippen molar-refractivity contribution in [3.63, 3.8) is 0 Å². The van der Waals surface area contributed by atoms with E-state index < -0.39 is 17.0 Å². The molecule has 2 rings (SSSR count). The fraction of sp³-hybridized carbons (Fsp3) is 0.263. The molecule has 0 heterocycles. The van der Waals surface area contributed by atoms with Crippen LogP contribution >= 0.6 is 0 Å². The lowest BCUT2D eigenvalue weighted by Crippen LogP contribution is -2.25. The van der Waals surface area contributed by atoms with Gasteiger partial charge in [0, 0.05) is 29.9 Å². The number of hydrogen-bond donors (Lipinski definition) is 2. The van der Waals surface area contributed by atoms with Gasteiger partial charge in [-0.3, -0.25) is 14.9 Å². The van der Waals surface area contributed by atoms with Gasteiger partial charge in [-0.25, -0.2) is 4.79 Å². The number of carbonyl (C=O) groups is 2. The molecule has 0 fully saturated rings. The average molecular weight is 372 g/mol. The van der Waals surface area contributed by atoms with Crippen LogP contribution < -0.4 is 5.32 Å². The van der Waals surface area contributed by atoms with Crippen molar-refractivity contribution < 1.29 is 24.4 Å². The van der Waals surface area contributed by atoms with E-state index in [-0.39, 0.29) is 35.9 Å². The number of esters is 1. The second kappa shape index (κ2) is 8.91. The molecular formula is C19H20N2O6. The molecule has 142 valence electrons. The highest BCUT2D eigenvalue weighted by Crippen LogP contribution is 2.24.